The van der Waals surface area contributed by atoms with Gasteiger partial charge in [0.2, 0.25) is 0 Å². The third kappa shape index (κ3) is 3.45. The number of para-hydroxylation sites is 1. The van der Waals surface area contributed by atoms with Crippen LogP contribution in [0, 0.1) is 6.92 Å². The summed E-state index contributed by atoms with van der Waals surface area (Å²) in [6, 6.07) is 15.2. The van der Waals surface area contributed by atoms with Gasteiger partial charge in [0.15, 0.2) is 12.0 Å². The first-order valence-electron chi connectivity index (χ1n) is 6.58. The Morgan fingerprint density at radius 3 is 2.50 bits per heavy atom. The zero-order chi connectivity index (χ0) is 14.6. The Bertz CT molecular complexity index is 605. The topological polar surface area (TPSA) is 52.3 Å². The molecule has 20 heavy (non-hydrogen) atoms. The number of rotatable bonds is 5. The summed E-state index contributed by atoms with van der Waals surface area (Å²) in [4.78, 5) is 11.0. The number of hydrogen-bond acceptors (Lipinski definition) is 3. The summed E-state index contributed by atoms with van der Waals surface area (Å²) in [7, 11) is 0. The van der Waals surface area contributed by atoms with Crippen LogP contribution in [-0.2, 0) is 6.42 Å². The first kappa shape index (κ1) is 14.3. The summed E-state index contributed by atoms with van der Waals surface area (Å²) in [5.74, 6) is 0.515. The summed E-state index contributed by atoms with van der Waals surface area (Å²) in [6.45, 7) is 3.87. The molecule has 3 nitrogen and oxygen atoms in total. The highest BCUT2D eigenvalue weighted by Crippen LogP contribution is 2.22. The van der Waals surface area contributed by atoms with Crippen LogP contribution in [0.25, 0.3) is 0 Å². The Labute approximate surface area is 119 Å². The fourth-order valence-electron chi connectivity index (χ4n) is 2.14. The van der Waals surface area contributed by atoms with Crippen molar-refractivity contribution in [3.8, 4) is 5.75 Å². The first-order valence-corrected chi connectivity index (χ1v) is 6.58. The molecule has 2 rings (SSSR count). The van der Waals surface area contributed by atoms with Crippen LogP contribution < -0.4 is 10.5 Å². The van der Waals surface area contributed by atoms with Crippen molar-refractivity contribution in [2.75, 3.05) is 0 Å². The number of aldehydes is 1. The van der Waals surface area contributed by atoms with Crippen molar-refractivity contribution in [1.29, 1.82) is 0 Å². The summed E-state index contributed by atoms with van der Waals surface area (Å²) >= 11 is 0. The zero-order valence-electron chi connectivity index (χ0n) is 11.8. The van der Waals surface area contributed by atoms with Crippen LogP contribution in [0.4, 0.5) is 0 Å². The molecule has 2 N–H and O–H groups in total. The molecule has 0 saturated carbocycles. The monoisotopic (exact) mass is 269 g/mol. The fourth-order valence-corrected chi connectivity index (χ4v) is 2.14. The summed E-state index contributed by atoms with van der Waals surface area (Å²) in [5, 5.41) is 0. The molecule has 1 unspecified atom stereocenters. The summed E-state index contributed by atoms with van der Waals surface area (Å²) in [6.07, 6.45) is 1.35. The van der Waals surface area contributed by atoms with Crippen molar-refractivity contribution >= 4 is 6.29 Å². The van der Waals surface area contributed by atoms with Gasteiger partial charge in [-0.3, -0.25) is 10.5 Å². The summed E-state index contributed by atoms with van der Waals surface area (Å²) in [5.41, 5.74) is 8.19. The Kier molecular flexibility index (Phi) is 4.20. The second-order valence-electron chi connectivity index (χ2n) is 5.17. The average Bonchev–Trinajstić information content (AvgIpc) is 2.41. The number of ether oxygens (including phenoxy) is 1. The van der Waals surface area contributed by atoms with Gasteiger partial charge in [0, 0.05) is 6.42 Å². The van der Waals surface area contributed by atoms with E-state index in [-0.39, 0.29) is 0 Å². The molecule has 1 atom stereocenters. The lowest BCUT2D eigenvalue weighted by Crippen LogP contribution is -2.45. The van der Waals surface area contributed by atoms with E-state index >= 15 is 0 Å². The van der Waals surface area contributed by atoms with Gasteiger partial charge in [0.05, 0.1) is 5.56 Å². The number of carbonyl (C=O) groups excluding carboxylic acids is 1. The van der Waals surface area contributed by atoms with Gasteiger partial charge in [-0.1, -0.05) is 36.4 Å². The van der Waals surface area contributed by atoms with E-state index in [0.29, 0.717) is 17.7 Å². The van der Waals surface area contributed by atoms with Crippen LogP contribution >= 0.6 is 0 Å². The molecule has 0 saturated heterocycles. The molecule has 0 aliphatic carbocycles. The van der Waals surface area contributed by atoms with Gasteiger partial charge >= 0.3 is 0 Å². The van der Waals surface area contributed by atoms with Crippen molar-refractivity contribution in [3.05, 3.63) is 65.2 Å². The van der Waals surface area contributed by atoms with E-state index in [1.165, 1.54) is 5.56 Å². The average molecular weight is 269 g/mol. The molecule has 0 heterocycles. The maximum atomic E-state index is 11.0. The Hall–Kier alpha value is -2.13. The minimum atomic E-state index is -0.870. The highest BCUT2D eigenvalue weighted by atomic mass is 16.5. The van der Waals surface area contributed by atoms with Crippen molar-refractivity contribution in [3.63, 3.8) is 0 Å². The molecule has 0 fully saturated rings. The molecule has 0 amide bonds. The van der Waals surface area contributed by atoms with Crippen LogP contribution in [0.15, 0.2) is 48.5 Å². The lowest BCUT2D eigenvalue weighted by Gasteiger charge is -2.27. The molecular weight excluding hydrogens is 250 g/mol. The van der Waals surface area contributed by atoms with E-state index in [1.54, 1.807) is 18.2 Å². The molecule has 2 aromatic carbocycles. The van der Waals surface area contributed by atoms with Crippen molar-refractivity contribution < 1.29 is 9.53 Å². The van der Waals surface area contributed by atoms with Gasteiger partial charge in [0.1, 0.15) is 5.75 Å². The molecule has 2 aromatic rings. The molecule has 0 bridgehead atoms. The standard InChI is InChI=1S/C17H19NO2/c1-13-7-3-4-8-14(13)11-17(2,18)20-16-10-6-5-9-15(16)12-19/h3-10,12H,11,18H2,1-2H3. The Balaban J connectivity index is 2.19. The molecule has 0 radical (unpaired) electrons. The number of nitrogens with two attached hydrogens (primary N) is 1. The number of aryl methyl sites for hydroxylation is 1. The molecule has 104 valence electrons. The third-order valence-corrected chi connectivity index (χ3v) is 3.19. The van der Waals surface area contributed by atoms with Crippen molar-refractivity contribution in [2.24, 2.45) is 5.73 Å². The van der Waals surface area contributed by atoms with E-state index in [4.69, 9.17) is 10.5 Å². The summed E-state index contributed by atoms with van der Waals surface area (Å²) < 4.78 is 5.83. The molecule has 0 aliphatic rings. The van der Waals surface area contributed by atoms with E-state index in [9.17, 15) is 4.79 Å². The second-order valence-corrected chi connectivity index (χ2v) is 5.17. The highest BCUT2D eigenvalue weighted by Gasteiger charge is 2.23. The first-order chi connectivity index (χ1) is 9.52. The number of benzene rings is 2. The van der Waals surface area contributed by atoms with Crippen LogP contribution in [0.2, 0.25) is 0 Å². The van der Waals surface area contributed by atoms with E-state index in [0.717, 1.165) is 11.8 Å². The maximum Gasteiger partial charge on any atom is 0.159 e. The van der Waals surface area contributed by atoms with Gasteiger partial charge in [-0.25, -0.2) is 0 Å². The molecular formula is C17H19NO2. The Morgan fingerprint density at radius 1 is 1.15 bits per heavy atom. The lowest BCUT2D eigenvalue weighted by atomic mass is 10.00. The SMILES string of the molecule is Cc1ccccc1CC(C)(N)Oc1ccccc1C=O. The smallest absolute Gasteiger partial charge is 0.159 e. The third-order valence-electron chi connectivity index (χ3n) is 3.19. The maximum absolute atomic E-state index is 11.0. The predicted molar refractivity (Wildman–Crippen MR) is 79.9 cm³/mol. The minimum Gasteiger partial charge on any atom is -0.472 e. The molecule has 0 spiro atoms. The highest BCUT2D eigenvalue weighted by molar-refractivity contribution is 5.79. The molecule has 0 aromatic heterocycles. The van der Waals surface area contributed by atoms with Gasteiger partial charge in [0.25, 0.3) is 0 Å². The van der Waals surface area contributed by atoms with Gasteiger partial charge in [-0.05, 0) is 37.1 Å². The van der Waals surface area contributed by atoms with E-state index in [1.807, 2.05) is 44.2 Å². The van der Waals surface area contributed by atoms with E-state index < -0.39 is 5.72 Å². The van der Waals surface area contributed by atoms with Gasteiger partial charge < -0.3 is 4.74 Å². The second kappa shape index (κ2) is 5.88. The van der Waals surface area contributed by atoms with Gasteiger partial charge in [-0.15, -0.1) is 0 Å². The predicted octanol–water partition coefficient (Wildman–Crippen LogP) is 3.10. The van der Waals surface area contributed by atoms with Gasteiger partial charge in [-0.2, -0.15) is 0 Å². The number of carbonyl (C=O) groups is 1. The quantitative estimate of drug-likeness (QED) is 0.670. The molecule has 3 heteroatoms. The van der Waals surface area contributed by atoms with Crippen molar-refractivity contribution in [1.82, 2.24) is 0 Å². The number of hydrogen-bond donors (Lipinski definition) is 1. The molecule has 0 aliphatic heterocycles. The van der Waals surface area contributed by atoms with Crippen LogP contribution in [0.1, 0.15) is 28.4 Å². The lowest BCUT2D eigenvalue weighted by molar-refractivity contribution is 0.0931. The van der Waals surface area contributed by atoms with Crippen LogP contribution in [-0.4, -0.2) is 12.0 Å². The van der Waals surface area contributed by atoms with Crippen LogP contribution in [0.5, 0.6) is 5.75 Å². The van der Waals surface area contributed by atoms with Crippen molar-refractivity contribution in [2.45, 2.75) is 26.0 Å². The van der Waals surface area contributed by atoms with Crippen LogP contribution in [0.3, 0.4) is 0 Å². The Morgan fingerprint density at radius 2 is 1.80 bits per heavy atom. The van der Waals surface area contributed by atoms with E-state index in [2.05, 4.69) is 0 Å². The normalized spacial score (nSPS) is 13.6. The largest absolute Gasteiger partial charge is 0.472 e. The minimum absolute atomic E-state index is 0.508. The fraction of sp³-hybridized carbons (Fsp3) is 0.235. The zero-order valence-corrected chi connectivity index (χ0v) is 11.8.